The van der Waals surface area contributed by atoms with Gasteiger partial charge in [0.25, 0.3) is 11.5 Å². The Morgan fingerprint density at radius 2 is 1.79 bits per heavy atom. The molecule has 0 saturated heterocycles. The quantitative estimate of drug-likeness (QED) is 0.602. The molecule has 0 bridgehead atoms. The van der Waals surface area contributed by atoms with E-state index in [4.69, 9.17) is 0 Å². The Hall–Kier alpha value is -3.75. The number of hydrogen-bond acceptors (Lipinski definition) is 7. The summed E-state index contributed by atoms with van der Waals surface area (Å²) in [5, 5.41) is 13.0. The van der Waals surface area contributed by atoms with Gasteiger partial charge < -0.3 is 16.0 Å². The number of amides is 1. The molecule has 0 fully saturated rings. The summed E-state index contributed by atoms with van der Waals surface area (Å²) in [6.07, 6.45) is 0. The average molecular weight is 379 g/mol. The Morgan fingerprint density at radius 3 is 2.46 bits per heavy atom. The van der Waals surface area contributed by atoms with Crippen molar-refractivity contribution in [1.29, 1.82) is 0 Å². The number of nitrogens with one attached hydrogen (secondary N) is 3. The molecule has 3 aromatic rings. The van der Waals surface area contributed by atoms with E-state index in [9.17, 15) is 9.59 Å². The molecule has 28 heavy (non-hydrogen) atoms. The predicted octanol–water partition coefficient (Wildman–Crippen LogP) is 2.31. The van der Waals surface area contributed by atoms with E-state index in [0.29, 0.717) is 17.5 Å². The lowest BCUT2D eigenvalue weighted by Crippen LogP contribution is -2.23. The van der Waals surface area contributed by atoms with E-state index in [1.807, 2.05) is 32.0 Å². The Kier molecular flexibility index (Phi) is 5.64. The Labute approximate surface area is 161 Å². The number of nitrogens with zero attached hydrogens (tertiary/aromatic N) is 4. The number of aromatic nitrogens is 4. The summed E-state index contributed by atoms with van der Waals surface area (Å²) in [6.45, 7) is 4.62. The monoisotopic (exact) mass is 379 g/mol. The van der Waals surface area contributed by atoms with Gasteiger partial charge in [-0.25, -0.2) is 9.67 Å². The lowest BCUT2D eigenvalue weighted by atomic mass is 10.2. The Morgan fingerprint density at radius 1 is 1.07 bits per heavy atom. The van der Waals surface area contributed by atoms with Gasteiger partial charge in [-0.3, -0.25) is 9.59 Å². The van der Waals surface area contributed by atoms with Crippen molar-refractivity contribution in [2.75, 3.05) is 22.5 Å². The number of aryl methyl sites for hydroxylation is 2. The summed E-state index contributed by atoms with van der Waals surface area (Å²) in [5.41, 5.74) is 2.17. The summed E-state index contributed by atoms with van der Waals surface area (Å²) >= 11 is 0. The largest absolute Gasteiger partial charge is 0.354 e. The molecule has 2 aromatic heterocycles. The molecule has 0 radical (unpaired) electrons. The van der Waals surface area contributed by atoms with Gasteiger partial charge in [-0.1, -0.05) is 0 Å². The summed E-state index contributed by atoms with van der Waals surface area (Å²) < 4.78 is 1.12. The molecule has 0 atom stereocenters. The number of hydrogen-bond donors (Lipinski definition) is 3. The van der Waals surface area contributed by atoms with Crippen molar-refractivity contribution in [1.82, 2.24) is 19.7 Å². The van der Waals surface area contributed by atoms with Crippen molar-refractivity contribution in [3.63, 3.8) is 0 Å². The van der Waals surface area contributed by atoms with E-state index in [1.54, 1.807) is 12.1 Å². The van der Waals surface area contributed by atoms with E-state index in [2.05, 4.69) is 31.0 Å². The van der Waals surface area contributed by atoms with Crippen molar-refractivity contribution in [3.8, 4) is 0 Å². The fourth-order valence-electron chi connectivity index (χ4n) is 2.47. The smallest absolute Gasteiger partial charge is 0.276 e. The molecule has 3 rings (SSSR count). The molecule has 9 heteroatoms. The topological polar surface area (TPSA) is 114 Å². The molecule has 0 spiro atoms. The van der Waals surface area contributed by atoms with Crippen LogP contribution in [0, 0.1) is 6.92 Å². The van der Waals surface area contributed by atoms with Crippen LogP contribution < -0.4 is 21.5 Å². The predicted molar refractivity (Wildman–Crippen MR) is 108 cm³/mol. The van der Waals surface area contributed by atoms with Crippen molar-refractivity contribution < 1.29 is 4.79 Å². The molecule has 3 N–H and O–H groups in total. The molecule has 0 aliphatic heterocycles. The van der Waals surface area contributed by atoms with Crippen molar-refractivity contribution in [2.24, 2.45) is 7.05 Å². The number of rotatable bonds is 6. The average Bonchev–Trinajstić information content (AvgIpc) is 2.65. The normalized spacial score (nSPS) is 10.4. The lowest BCUT2D eigenvalue weighted by Gasteiger charge is -2.10. The zero-order valence-corrected chi connectivity index (χ0v) is 15.9. The van der Waals surface area contributed by atoms with Crippen LogP contribution in [0.5, 0.6) is 0 Å². The van der Waals surface area contributed by atoms with Gasteiger partial charge in [0.15, 0.2) is 0 Å². The van der Waals surface area contributed by atoms with Gasteiger partial charge in [0.2, 0.25) is 5.95 Å². The van der Waals surface area contributed by atoms with E-state index < -0.39 is 5.91 Å². The molecule has 1 amide bonds. The summed E-state index contributed by atoms with van der Waals surface area (Å²) in [6, 6.07) is 11.7. The number of benzene rings is 1. The second-order valence-electron chi connectivity index (χ2n) is 6.09. The van der Waals surface area contributed by atoms with Gasteiger partial charge in [0, 0.05) is 42.8 Å². The molecule has 0 aliphatic rings. The third kappa shape index (κ3) is 4.70. The fraction of sp³-hybridized carbons (Fsp3) is 0.211. The maximum atomic E-state index is 12.3. The molecular formula is C19H21N7O2. The molecule has 0 aliphatic carbocycles. The van der Waals surface area contributed by atoms with Gasteiger partial charge in [-0.2, -0.15) is 10.1 Å². The van der Waals surface area contributed by atoms with Crippen LogP contribution in [-0.2, 0) is 7.05 Å². The minimum Gasteiger partial charge on any atom is -0.354 e. The van der Waals surface area contributed by atoms with Crippen LogP contribution in [0.15, 0.2) is 47.3 Å². The fourth-order valence-corrected chi connectivity index (χ4v) is 2.47. The maximum Gasteiger partial charge on any atom is 0.276 e. The lowest BCUT2D eigenvalue weighted by molar-refractivity contribution is 0.102. The minimum absolute atomic E-state index is 0.164. The SMILES string of the molecule is CCNc1nc(C)cc(Nc2ccc(NC(=O)c3ccc(=O)n(C)n3)cc2)n1. The van der Waals surface area contributed by atoms with Crippen molar-refractivity contribution >= 4 is 29.0 Å². The molecular weight excluding hydrogens is 358 g/mol. The highest BCUT2D eigenvalue weighted by Gasteiger charge is 2.09. The maximum absolute atomic E-state index is 12.3. The van der Waals surface area contributed by atoms with Crippen LogP contribution in [0.1, 0.15) is 23.1 Å². The van der Waals surface area contributed by atoms with Gasteiger partial charge in [0.1, 0.15) is 11.5 Å². The molecule has 0 unspecified atom stereocenters. The van der Waals surface area contributed by atoms with Crippen LogP contribution in [-0.4, -0.2) is 32.2 Å². The Balaban J connectivity index is 1.69. The third-order valence-corrected chi connectivity index (χ3v) is 3.80. The highest BCUT2D eigenvalue weighted by atomic mass is 16.2. The van der Waals surface area contributed by atoms with Crippen LogP contribution in [0.4, 0.5) is 23.1 Å². The van der Waals surface area contributed by atoms with Gasteiger partial charge in [-0.05, 0) is 44.2 Å². The standard InChI is InChI=1S/C19H21N7O2/c1-4-20-19-21-12(2)11-16(24-19)22-13-5-7-14(8-6-13)23-18(28)15-9-10-17(27)26(3)25-15/h5-11H,4H2,1-3H3,(H,23,28)(H2,20,21,22,24). The second kappa shape index (κ2) is 8.30. The van der Waals surface area contributed by atoms with E-state index in [1.165, 1.54) is 19.2 Å². The number of carbonyl (C=O) groups is 1. The summed E-state index contributed by atoms with van der Waals surface area (Å²) in [7, 11) is 1.50. The first-order valence-corrected chi connectivity index (χ1v) is 8.77. The van der Waals surface area contributed by atoms with Gasteiger partial charge in [-0.15, -0.1) is 0 Å². The second-order valence-corrected chi connectivity index (χ2v) is 6.09. The highest BCUT2D eigenvalue weighted by molar-refractivity contribution is 6.02. The Bertz CT molecular complexity index is 1040. The first-order valence-electron chi connectivity index (χ1n) is 8.77. The third-order valence-electron chi connectivity index (χ3n) is 3.80. The van der Waals surface area contributed by atoms with Crippen LogP contribution in [0.2, 0.25) is 0 Å². The van der Waals surface area contributed by atoms with E-state index in [-0.39, 0.29) is 11.3 Å². The van der Waals surface area contributed by atoms with Crippen LogP contribution in [0.3, 0.4) is 0 Å². The minimum atomic E-state index is -0.391. The van der Waals surface area contributed by atoms with Crippen LogP contribution >= 0.6 is 0 Å². The van der Waals surface area contributed by atoms with E-state index >= 15 is 0 Å². The molecule has 144 valence electrons. The van der Waals surface area contributed by atoms with Gasteiger partial charge >= 0.3 is 0 Å². The number of anilines is 4. The highest BCUT2D eigenvalue weighted by Crippen LogP contribution is 2.19. The molecule has 0 saturated carbocycles. The van der Waals surface area contributed by atoms with Gasteiger partial charge in [0.05, 0.1) is 0 Å². The first-order chi connectivity index (χ1) is 13.4. The summed E-state index contributed by atoms with van der Waals surface area (Å²) in [5.74, 6) is 0.853. The molecule has 9 nitrogen and oxygen atoms in total. The zero-order chi connectivity index (χ0) is 20.1. The van der Waals surface area contributed by atoms with E-state index in [0.717, 1.165) is 22.6 Å². The summed E-state index contributed by atoms with van der Waals surface area (Å²) in [4.78, 5) is 32.3. The number of carbonyl (C=O) groups excluding carboxylic acids is 1. The molecule has 1 aromatic carbocycles. The molecule has 2 heterocycles. The van der Waals surface area contributed by atoms with Crippen molar-refractivity contribution in [2.45, 2.75) is 13.8 Å². The van der Waals surface area contributed by atoms with Crippen LogP contribution in [0.25, 0.3) is 0 Å². The van der Waals surface area contributed by atoms with Crippen molar-refractivity contribution in [3.05, 3.63) is 64.2 Å². The zero-order valence-electron chi connectivity index (χ0n) is 15.9. The first kappa shape index (κ1) is 19.0.